The number of benzene rings is 1. The van der Waals surface area contributed by atoms with E-state index in [1.54, 1.807) is 0 Å². The summed E-state index contributed by atoms with van der Waals surface area (Å²) in [6.45, 7) is 2.57. The minimum atomic E-state index is -0.308. The normalized spacial score (nSPS) is 19.2. The van der Waals surface area contributed by atoms with E-state index in [2.05, 4.69) is 10.6 Å². The van der Waals surface area contributed by atoms with E-state index in [-0.39, 0.29) is 30.3 Å². The summed E-state index contributed by atoms with van der Waals surface area (Å²) < 4.78 is 0. The molecule has 0 aliphatic carbocycles. The van der Waals surface area contributed by atoms with Crippen LogP contribution in [-0.2, 0) is 9.59 Å². The Morgan fingerprint density at radius 3 is 2.46 bits per heavy atom. The molecule has 2 fully saturated rings. The molecule has 0 unspecified atom stereocenters. The number of carbonyl (C=O) groups excluding carboxylic acids is 3. The lowest BCUT2D eigenvalue weighted by atomic mass is 9.96. The maximum absolute atomic E-state index is 12.3. The number of piperidine rings is 1. The number of imide groups is 1. The van der Waals surface area contributed by atoms with E-state index < -0.39 is 0 Å². The second-order valence-corrected chi connectivity index (χ2v) is 6.18. The zero-order valence-electron chi connectivity index (χ0n) is 13.5. The van der Waals surface area contributed by atoms with Crippen LogP contribution < -0.4 is 10.6 Å². The second-order valence-electron chi connectivity index (χ2n) is 6.18. The van der Waals surface area contributed by atoms with Gasteiger partial charge in [-0.3, -0.25) is 19.4 Å². The molecular weight excluding hydrogens is 308 g/mol. The maximum Gasteiger partial charge on any atom is 0.324 e. The van der Waals surface area contributed by atoms with Crippen molar-refractivity contribution in [2.45, 2.75) is 12.8 Å². The first kappa shape index (κ1) is 16.4. The van der Waals surface area contributed by atoms with E-state index in [1.165, 1.54) is 4.90 Å². The molecule has 7 nitrogen and oxygen atoms in total. The largest absolute Gasteiger partial charge is 0.336 e. The Morgan fingerprint density at radius 1 is 1.12 bits per heavy atom. The number of rotatable bonds is 4. The highest BCUT2D eigenvalue weighted by Gasteiger charge is 2.30. The summed E-state index contributed by atoms with van der Waals surface area (Å²) in [5.41, 5.74) is 0.806. The number of likely N-dealkylation sites (tertiary alicyclic amines) is 1. The van der Waals surface area contributed by atoms with Crippen LogP contribution in [0.2, 0.25) is 0 Å². The molecule has 0 saturated carbocycles. The van der Waals surface area contributed by atoms with Gasteiger partial charge in [0.2, 0.25) is 11.8 Å². The van der Waals surface area contributed by atoms with Crippen molar-refractivity contribution in [3.63, 3.8) is 0 Å². The van der Waals surface area contributed by atoms with Gasteiger partial charge in [-0.05, 0) is 38.1 Å². The van der Waals surface area contributed by atoms with Crippen molar-refractivity contribution in [1.29, 1.82) is 0 Å². The third-order valence-electron chi connectivity index (χ3n) is 4.52. The monoisotopic (exact) mass is 330 g/mol. The Balaban J connectivity index is 1.44. The predicted molar refractivity (Wildman–Crippen MR) is 89.3 cm³/mol. The second kappa shape index (κ2) is 7.44. The van der Waals surface area contributed by atoms with Crippen LogP contribution in [0.1, 0.15) is 12.8 Å². The van der Waals surface area contributed by atoms with Gasteiger partial charge in [0, 0.05) is 24.7 Å². The lowest BCUT2D eigenvalue weighted by molar-refractivity contribution is -0.129. The summed E-state index contributed by atoms with van der Waals surface area (Å²) in [5, 5.41) is 5.56. The molecule has 3 rings (SSSR count). The van der Waals surface area contributed by atoms with Crippen molar-refractivity contribution >= 4 is 23.5 Å². The predicted octanol–water partition coefficient (Wildman–Crippen LogP) is 0.889. The molecule has 1 aromatic carbocycles. The highest BCUT2D eigenvalue weighted by atomic mass is 16.2. The molecule has 2 saturated heterocycles. The van der Waals surface area contributed by atoms with E-state index in [0.717, 1.165) is 18.5 Å². The lowest BCUT2D eigenvalue weighted by Crippen LogP contribution is -2.45. The molecule has 2 heterocycles. The summed E-state index contributed by atoms with van der Waals surface area (Å²) in [5.74, 6) is -0.171. The molecule has 0 bridgehead atoms. The van der Waals surface area contributed by atoms with E-state index in [1.807, 2.05) is 35.2 Å². The molecule has 2 aliphatic heterocycles. The molecule has 4 amide bonds. The van der Waals surface area contributed by atoms with Crippen molar-refractivity contribution < 1.29 is 14.4 Å². The summed E-state index contributed by atoms with van der Waals surface area (Å²) in [6.07, 6.45) is 1.44. The minimum absolute atomic E-state index is 0.0334. The molecule has 0 aromatic heterocycles. The van der Waals surface area contributed by atoms with Crippen molar-refractivity contribution in [3.05, 3.63) is 30.3 Å². The minimum Gasteiger partial charge on any atom is -0.336 e. The van der Waals surface area contributed by atoms with Gasteiger partial charge in [-0.25, -0.2) is 4.79 Å². The Bertz CT molecular complexity index is 612. The standard InChI is InChI=1S/C17H22N4O3/c22-15(21-11-8-18-17(21)24)12-20-9-6-13(7-10-20)16(23)19-14-4-2-1-3-5-14/h1-5,13H,6-12H2,(H,18,24)(H,19,23). The summed E-state index contributed by atoms with van der Waals surface area (Å²) >= 11 is 0. The number of amides is 4. The van der Waals surface area contributed by atoms with Crippen LogP contribution in [-0.4, -0.2) is 60.4 Å². The molecule has 0 radical (unpaired) electrons. The molecule has 0 spiro atoms. The van der Waals surface area contributed by atoms with Gasteiger partial charge >= 0.3 is 6.03 Å². The fourth-order valence-corrected chi connectivity index (χ4v) is 3.11. The quantitative estimate of drug-likeness (QED) is 0.859. The number of nitrogens with one attached hydrogen (secondary N) is 2. The Morgan fingerprint density at radius 2 is 1.83 bits per heavy atom. The molecular formula is C17H22N4O3. The molecule has 128 valence electrons. The van der Waals surface area contributed by atoms with E-state index in [4.69, 9.17) is 0 Å². The van der Waals surface area contributed by atoms with Crippen LogP contribution in [0.5, 0.6) is 0 Å². The number of nitrogens with zero attached hydrogens (tertiary/aromatic N) is 2. The number of anilines is 1. The average molecular weight is 330 g/mol. The summed E-state index contributed by atoms with van der Waals surface area (Å²) in [7, 11) is 0. The highest BCUT2D eigenvalue weighted by Crippen LogP contribution is 2.19. The van der Waals surface area contributed by atoms with Gasteiger partial charge < -0.3 is 10.6 Å². The fourth-order valence-electron chi connectivity index (χ4n) is 3.11. The summed E-state index contributed by atoms with van der Waals surface area (Å²) in [6, 6.07) is 9.11. The van der Waals surface area contributed by atoms with Crippen LogP contribution in [0.25, 0.3) is 0 Å². The Hall–Kier alpha value is -2.41. The smallest absolute Gasteiger partial charge is 0.324 e. The van der Waals surface area contributed by atoms with Crippen LogP contribution in [0.15, 0.2) is 30.3 Å². The molecule has 0 atom stereocenters. The summed E-state index contributed by atoms with van der Waals surface area (Å²) in [4.78, 5) is 39.2. The van der Waals surface area contributed by atoms with Gasteiger partial charge in [0.1, 0.15) is 0 Å². The van der Waals surface area contributed by atoms with Crippen LogP contribution in [0, 0.1) is 5.92 Å². The third kappa shape index (κ3) is 3.91. The van der Waals surface area contributed by atoms with Crippen LogP contribution in [0.3, 0.4) is 0 Å². The first-order valence-corrected chi connectivity index (χ1v) is 8.30. The van der Waals surface area contributed by atoms with Crippen molar-refractivity contribution in [3.8, 4) is 0 Å². The topological polar surface area (TPSA) is 81.8 Å². The number of carbonyl (C=O) groups is 3. The van der Waals surface area contributed by atoms with E-state index in [0.29, 0.717) is 26.2 Å². The van der Waals surface area contributed by atoms with Crippen molar-refractivity contribution in [2.75, 3.05) is 38.0 Å². The molecule has 7 heteroatoms. The molecule has 2 aliphatic rings. The third-order valence-corrected chi connectivity index (χ3v) is 4.52. The number of hydrogen-bond donors (Lipinski definition) is 2. The highest BCUT2D eigenvalue weighted by molar-refractivity contribution is 5.96. The first-order valence-electron chi connectivity index (χ1n) is 8.30. The Labute approximate surface area is 141 Å². The van der Waals surface area contributed by atoms with Crippen molar-refractivity contribution in [1.82, 2.24) is 15.1 Å². The first-order chi connectivity index (χ1) is 11.6. The van der Waals surface area contributed by atoms with Crippen molar-refractivity contribution in [2.24, 2.45) is 5.92 Å². The maximum atomic E-state index is 12.3. The van der Waals surface area contributed by atoms with E-state index >= 15 is 0 Å². The molecule has 2 N–H and O–H groups in total. The Kier molecular flexibility index (Phi) is 5.10. The average Bonchev–Trinajstić information content (AvgIpc) is 3.02. The number of hydrogen-bond acceptors (Lipinski definition) is 4. The number of para-hydroxylation sites is 1. The van der Waals surface area contributed by atoms with Crippen LogP contribution >= 0.6 is 0 Å². The van der Waals surface area contributed by atoms with Gasteiger partial charge in [-0.2, -0.15) is 0 Å². The SMILES string of the molecule is O=C(Nc1ccccc1)C1CCN(CC(=O)N2CCNC2=O)CC1. The zero-order chi connectivity index (χ0) is 16.9. The zero-order valence-corrected chi connectivity index (χ0v) is 13.5. The van der Waals surface area contributed by atoms with Gasteiger partial charge in [-0.1, -0.05) is 18.2 Å². The molecule has 24 heavy (non-hydrogen) atoms. The molecule has 1 aromatic rings. The van der Waals surface area contributed by atoms with Gasteiger partial charge in [0.25, 0.3) is 0 Å². The van der Waals surface area contributed by atoms with Gasteiger partial charge in [-0.15, -0.1) is 0 Å². The number of urea groups is 1. The van der Waals surface area contributed by atoms with Crippen LogP contribution in [0.4, 0.5) is 10.5 Å². The van der Waals surface area contributed by atoms with E-state index in [9.17, 15) is 14.4 Å². The van der Waals surface area contributed by atoms with Gasteiger partial charge in [0.05, 0.1) is 6.54 Å². The van der Waals surface area contributed by atoms with Gasteiger partial charge in [0.15, 0.2) is 0 Å². The lowest BCUT2D eigenvalue weighted by Gasteiger charge is -2.31. The fraction of sp³-hybridized carbons (Fsp3) is 0.471.